The van der Waals surface area contributed by atoms with E-state index in [1.54, 1.807) is 0 Å². The summed E-state index contributed by atoms with van der Waals surface area (Å²) in [6.07, 6.45) is 5.49. The quantitative estimate of drug-likeness (QED) is 0.273. The van der Waals surface area contributed by atoms with Crippen LogP contribution in [-0.4, -0.2) is 38.2 Å². The van der Waals surface area contributed by atoms with Crippen molar-refractivity contribution in [1.29, 1.82) is 0 Å². The first-order valence-corrected chi connectivity index (χ1v) is 13.8. The molecule has 0 spiro atoms. The van der Waals surface area contributed by atoms with Gasteiger partial charge in [0.1, 0.15) is 11.5 Å². The van der Waals surface area contributed by atoms with Gasteiger partial charge < -0.3 is 20.1 Å². The number of nitrogens with zero attached hydrogens (tertiary/aromatic N) is 2. The zero-order valence-corrected chi connectivity index (χ0v) is 22.5. The molecule has 1 heterocycles. The molecule has 4 rings (SSSR count). The number of amides is 1. The number of aliphatic carboxylic acids is 1. The summed E-state index contributed by atoms with van der Waals surface area (Å²) >= 11 is 6.59. The number of nitrogens with one attached hydrogen (secondary N) is 1. The third-order valence-corrected chi connectivity index (χ3v) is 7.75. The molecule has 3 atom stereocenters. The van der Waals surface area contributed by atoms with E-state index < -0.39 is 12.0 Å². The number of hydrogen-bond donors (Lipinski definition) is 3. The van der Waals surface area contributed by atoms with Gasteiger partial charge in [0.15, 0.2) is 5.15 Å². The van der Waals surface area contributed by atoms with Gasteiger partial charge in [-0.3, -0.25) is 9.59 Å². The number of benzene rings is 2. The first kappa shape index (κ1) is 27.9. The van der Waals surface area contributed by atoms with Crippen LogP contribution in [0.4, 0.5) is 0 Å². The third-order valence-electron chi connectivity index (χ3n) is 7.49. The van der Waals surface area contributed by atoms with E-state index in [0.29, 0.717) is 13.0 Å². The maximum atomic E-state index is 13.6. The number of rotatable bonds is 12. The fourth-order valence-electron chi connectivity index (χ4n) is 5.56. The Kier molecular flexibility index (Phi) is 9.58. The summed E-state index contributed by atoms with van der Waals surface area (Å²) in [7, 11) is 0. The van der Waals surface area contributed by atoms with E-state index >= 15 is 0 Å². The van der Waals surface area contributed by atoms with Gasteiger partial charge >= 0.3 is 5.97 Å². The van der Waals surface area contributed by atoms with Crippen molar-refractivity contribution in [2.75, 3.05) is 6.61 Å². The highest BCUT2D eigenvalue weighted by Gasteiger charge is 2.30. The highest BCUT2D eigenvalue weighted by Crippen LogP contribution is 2.41. The van der Waals surface area contributed by atoms with E-state index in [9.17, 15) is 19.8 Å². The van der Waals surface area contributed by atoms with Crippen molar-refractivity contribution < 1.29 is 19.8 Å². The van der Waals surface area contributed by atoms with Gasteiger partial charge in [0.05, 0.1) is 12.6 Å². The number of aromatic nitrogens is 2. The van der Waals surface area contributed by atoms with Crippen LogP contribution in [0, 0.1) is 5.92 Å². The minimum absolute atomic E-state index is 0.151. The highest BCUT2D eigenvalue weighted by molar-refractivity contribution is 6.32. The maximum Gasteiger partial charge on any atom is 0.303 e. The number of unbranched alkanes of at least 4 members (excludes halogenated alkanes) is 1. The van der Waals surface area contributed by atoms with Gasteiger partial charge in [-0.15, -0.1) is 0 Å². The van der Waals surface area contributed by atoms with Crippen LogP contribution in [-0.2, 0) is 17.8 Å². The summed E-state index contributed by atoms with van der Waals surface area (Å²) in [6, 6.07) is 17.0. The van der Waals surface area contributed by atoms with Crippen molar-refractivity contribution in [3.8, 4) is 0 Å². The molecule has 1 fully saturated rings. The molecule has 38 heavy (non-hydrogen) atoms. The van der Waals surface area contributed by atoms with Gasteiger partial charge in [-0.25, -0.2) is 4.98 Å². The minimum atomic E-state index is -0.745. The van der Waals surface area contributed by atoms with E-state index in [2.05, 4.69) is 29.4 Å². The fraction of sp³-hybridized carbons (Fsp3) is 0.433. The third kappa shape index (κ3) is 6.63. The van der Waals surface area contributed by atoms with E-state index in [1.807, 2.05) is 47.0 Å². The van der Waals surface area contributed by atoms with Crippen LogP contribution in [0.2, 0.25) is 5.15 Å². The molecule has 0 aliphatic heterocycles. The summed E-state index contributed by atoms with van der Waals surface area (Å²) in [4.78, 5) is 29.4. The highest BCUT2D eigenvalue weighted by atomic mass is 35.5. The van der Waals surface area contributed by atoms with Gasteiger partial charge in [-0.05, 0) is 54.2 Å². The lowest BCUT2D eigenvalue weighted by Crippen LogP contribution is -2.32. The van der Waals surface area contributed by atoms with E-state index in [1.165, 1.54) is 5.56 Å². The van der Waals surface area contributed by atoms with Gasteiger partial charge in [-0.1, -0.05) is 79.5 Å². The Hall–Kier alpha value is -3.16. The molecule has 3 aromatic rings. The number of aliphatic hydroxyl groups is 1. The van der Waals surface area contributed by atoms with Gasteiger partial charge in [0.2, 0.25) is 0 Å². The Morgan fingerprint density at radius 2 is 1.87 bits per heavy atom. The molecule has 1 aromatic heterocycles. The number of hydrogen-bond acceptors (Lipinski definition) is 4. The fourth-order valence-corrected chi connectivity index (χ4v) is 5.85. The Bertz CT molecular complexity index is 1240. The minimum Gasteiger partial charge on any atom is -0.481 e. The second kappa shape index (κ2) is 13.1. The molecule has 0 radical (unpaired) electrons. The van der Waals surface area contributed by atoms with Crippen molar-refractivity contribution in [1.82, 2.24) is 14.9 Å². The molecular formula is C30H36ClN3O4. The summed E-state index contributed by atoms with van der Waals surface area (Å²) in [6.45, 7) is 2.30. The van der Waals surface area contributed by atoms with E-state index in [4.69, 9.17) is 11.6 Å². The molecule has 0 bridgehead atoms. The van der Waals surface area contributed by atoms with Crippen LogP contribution in [0.25, 0.3) is 0 Å². The Morgan fingerprint density at radius 1 is 1.13 bits per heavy atom. The molecule has 1 aliphatic rings. The van der Waals surface area contributed by atoms with Gasteiger partial charge in [-0.2, -0.15) is 0 Å². The molecule has 0 saturated heterocycles. The lowest BCUT2D eigenvalue weighted by Gasteiger charge is -2.20. The van der Waals surface area contributed by atoms with Gasteiger partial charge in [0.25, 0.3) is 5.91 Å². The van der Waals surface area contributed by atoms with Crippen molar-refractivity contribution >= 4 is 23.5 Å². The van der Waals surface area contributed by atoms with Crippen molar-refractivity contribution in [2.24, 2.45) is 5.92 Å². The molecule has 3 N–H and O–H groups in total. The summed E-state index contributed by atoms with van der Waals surface area (Å²) in [5.74, 6) is 0.0935. The summed E-state index contributed by atoms with van der Waals surface area (Å²) in [5, 5.41) is 22.3. The second-order valence-corrected chi connectivity index (χ2v) is 10.5. The zero-order valence-electron chi connectivity index (χ0n) is 21.8. The molecule has 7 nitrogen and oxygen atoms in total. The number of aliphatic hydroxyl groups excluding tert-OH is 1. The first-order chi connectivity index (χ1) is 18.4. The standard InChI is InChI=1S/C30H36ClN3O4/c1-2-3-13-26-33-29(31)28(30(38)32-25(19-35)21-9-5-4-6-10-21)34(26)18-23-11-7-8-12-24(23)22-15-14-20(16-22)17-27(36)37/h4-12,20,22,25,35H,2-3,13-19H2,1H3,(H,32,38)(H,36,37)/t20?,22?,25-/m1/s1. The summed E-state index contributed by atoms with van der Waals surface area (Å²) < 4.78 is 1.91. The predicted molar refractivity (Wildman–Crippen MR) is 147 cm³/mol. The SMILES string of the molecule is CCCCc1nc(Cl)c(C(=O)N[C@H](CO)c2ccccc2)n1Cc1ccccc1C1CCC(CC(=O)O)C1. The van der Waals surface area contributed by atoms with E-state index in [0.717, 1.165) is 49.1 Å². The van der Waals surface area contributed by atoms with Crippen LogP contribution in [0.1, 0.15) is 90.4 Å². The topological polar surface area (TPSA) is 104 Å². The molecule has 1 aliphatic carbocycles. The van der Waals surface area contributed by atoms with Crippen LogP contribution in [0.3, 0.4) is 0 Å². The van der Waals surface area contributed by atoms with Crippen LogP contribution in [0.5, 0.6) is 0 Å². The summed E-state index contributed by atoms with van der Waals surface area (Å²) in [5.41, 5.74) is 3.36. The number of carboxylic acids is 1. The second-order valence-electron chi connectivity index (χ2n) is 10.1. The van der Waals surface area contributed by atoms with Gasteiger partial charge in [0, 0.05) is 19.4 Å². The number of carbonyl (C=O) groups is 2. The average Bonchev–Trinajstić information content (AvgIpc) is 3.50. The Morgan fingerprint density at radius 3 is 2.58 bits per heavy atom. The van der Waals surface area contributed by atoms with Crippen molar-refractivity contribution in [2.45, 2.75) is 70.4 Å². The lowest BCUT2D eigenvalue weighted by atomic mass is 9.91. The Labute approximate surface area is 228 Å². The largest absolute Gasteiger partial charge is 0.481 e. The molecule has 1 saturated carbocycles. The Balaban J connectivity index is 1.64. The smallest absolute Gasteiger partial charge is 0.303 e. The molecule has 1 amide bonds. The average molecular weight is 538 g/mol. The maximum absolute atomic E-state index is 13.6. The number of halogens is 1. The van der Waals surface area contributed by atoms with E-state index in [-0.39, 0.29) is 41.6 Å². The number of aryl methyl sites for hydroxylation is 1. The van der Waals surface area contributed by atoms with Crippen LogP contribution in [0.15, 0.2) is 54.6 Å². The number of carboxylic acid groups (broad SMARTS) is 1. The molecular weight excluding hydrogens is 502 g/mol. The van der Waals surface area contributed by atoms with Crippen molar-refractivity contribution in [3.63, 3.8) is 0 Å². The monoisotopic (exact) mass is 537 g/mol. The number of imidazole rings is 1. The lowest BCUT2D eigenvalue weighted by molar-refractivity contribution is -0.138. The molecule has 2 unspecified atom stereocenters. The van der Waals surface area contributed by atoms with Crippen LogP contribution >= 0.6 is 11.6 Å². The predicted octanol–water partition coefficient (Wildman–Crippen LogP) is 5.75. The molecule has 202 valence electrons. The zero-order chi connectivity index (χ0) is 27.1. The molecule has 8 heteroatoms. The first-order valence-electron chi connectivity index (χ1n) is 13.4. The van der Waals surface area contributed by atoms with Crippen molar-refractivity contribution in [3.05, 3.63) is 88.0 Å². The molecule has 2 aromatic carbocycles. The number of carbonyl (C=O) groups excluding carboxylic acids is 1. The normalized spacial score (nSPS) is 17.9. The van der Waals surface area contributed by atoms with Crippen LogP contribution < -0.4 is 5.32 Å².